The Hall–Kier alpha value is -2.82. The van der Waals surface area contributed by atoms with Crippen molar-refractivity contribution in [3.8, 4) is 16.9 Å². The Morgan fingerprint density at radius 3 is 2.50 bits per heavy atom. The van der Waals surface area contributed by atoms with Crippen LogP contribution in [0.3, 0.4) is 0 Å². The summed E-state index contributed by atoms with van der Waals surface area (Å²) in [6, 6.07) is 11.3. The SMILES string of the molecule is COc1ccc(-c2cccc(C(N)=O)c2)c(C(=O)O)c1. The van der Waals surface area contributed by atoms with Crippen LogP contribution >= 0.6 is 0 Å². The van der Waals surface area contributed by atoms with Crippen LogP contribution in [0.5, 0.6) is 5.75 Å². The van der Waals surface area contributed by atoms with Crippen molar-refractivity contribution in [2.24, 2.45) is 5.73 Å². The molecular formula is C15H13NO4. The van der Waals surface area contributed by atoms with Gasteiger partial charge < -0.3 is 15.6 Å². The van der Waals surface area contributed by atoms with E-state index in [-0.39, 0.29) is 5.56 Å². The van der Waals surface area contributed by atoms with Crippen molar-refractivity contribution in [2.75, 3.05) is 7.11 Å². The van der Waals surface area contributed by atoms with Crippen LogP contribution < -0.4 is 10.5 Å². The zero-order chi connectivity index (χ0) is 14.7. The summed E-state index contributed by atoms with van der Waals surface area (Å²) >= 11 is 0. The molecule has 0 spiro atoms. The van der Waals surface area contributed by atoms with Gasteiger partial charge in [-0.15, -0.1) is 0 Å². The van der Waals surface area contributed by atoms with E-state index >= 15 is 0 Å². The first kappa shape index (κ1) is 13.6. The molecule has 0 saturated carbocycles. The second-order valence-corrected chi connectivity index (χ2v) is 4.16. The molecule has 0 unspecified atom stereocenters. The van der Waals surface area contributed by atoms with Crippen LogP contribution in [0, 0.1) is 0 Å². The first-order valence-corrected chi connectivity index (χ1v) is 5.84. The van der Waals surface area contributed by atoms with Crippen molar-refractivity contribution in [1.29, 1.82) is 0 Å². The fourth-order valence-electron chi connectivity index (χ4n) is 1.92. The number of ether oxygens (including phenoxy) is 1. The Morgan fingerprint density at radius 1 is 1.15 bits per heavy atom. The monoisotopic (exact) mass is 271 g/mol. The maximum absolute atomic E-state index is 11.3. The van der Waals surface area contributed by atoms with Gasteiger partial charge in [-0.2, -0.15) is 0 Å². The summed E-state index contributed by atoms with van der Waals surface area (Å²) in [5.41, 5.74) is 6.77. The van der Waals surface area contributed by atoms with Gasteiger partial charge in [0.15, 0.2) is 0 Å². The normalized spacial score (nSPS) is 10.1. The lowest BCUT2D eigenvalue weighted by Gasteiger charge is -2.09. The Labute approximate surface area is 115 Å². The molecule has 0 aliphatic rings. The molecule has 3 N–H and O–H groups in total. The van der Waals surface area contributed by atoms with Crippen molar-refractivity contribution < 1.29 is 19.4 Å². The van der Waals surface area contributed by atoms with Gasteiger partial charge in [0.05, 0.1) is 12.7 Å². The third kappa shape index (κ3) is 2.61. The van der Waals surface area contributed by atoms with Crippen LogP contribution in [0.1, 0.15) is 20.7 Å². The number of carbonyl (C=O) groups excluding carboxylic acids is 1. The molecule has 0 radical (unpaired) electrons. The summed E-state index contributed by atoms with van der Waals surface area (Å²) in [7, 11) is 1.47. The number of carboxylic acids is 1. The van der Waals surface area contributed by atoms with E-state index in [0.29, 0.717) is 22.4 Å². The first-order chi connectivity index (χ1) is 9.52. The molecule has 2 aromatic rings. The molecule has 2 aromatic carbocycles. The van der Waals surface area contributed by atoms with E-state index < -0.39 is 11.9 Å². The number of hydrogen-bond acceptors (Lipinski definition) is 3. The fraction of sp³-hybridized carbons (Fsp3) is 0.0667. The molecule has 102 valence electrons. The van der Waals surface area contributed by atoms with E-state index in [1.165, 1.54) is 13.2 Å². The average molecular weight is 271 g/mol. The van der Waals surface area contributed by atoms with Crippen molar-refractivity contribution >= 4 is 11.9 Å². The third-order valence-corrected chi connectivity index (χ3v) is 2.92. The van der Waals surface area contributed by atoms with Gasteiger partial charge in [0.2, 0.25) is 5.91 Å². The maximum atomic E-state index is 11.3. The minimum Gasteiger partial charge on any atom is -0.497 e. The van der Waals surface area contributed by atoms with Crippen molar-refractivity contribution in [1.82, 2.24) is 0 Å². The number of carbonyl (C=O) groups is 2. The van der Waals surface area contributed by atoms with Gasteiger partial charge in [-0.1, -0.05) is 12.1 Å². The Morgan fingerprint density at radius 2 is 1.90 bits per heavy atom. The summed E-state index contributed by atoms with van der Waals surface area (Å²) in [6.45, 7) is 0. The van der Waals surface area contributed by atoms with E-state index in [1.54, 1.807) is 36.4 Å². The van der Waals surface area contributed by atoms with E-state index in [0.717, 1.165) is 0 Å². The van der Waals surface area contributed by atoms with E-state index in [2.05, 4.69) is 0 Å². The highest BCUT2D eigenvalue weighted by molar-refractivity contribution is 5.98. The van der Waals surface area contributed by atoms with Crippen molar-refractivity contribution in [3.63, 3.8) is 0 Å². The lowest BCUT2D eigenvalue weighted by atomic mass is 9.97. The Balaban J connectivity index is 2.60. The number of hydrogen-bond donors (Lipinski definition) is 2. The molecule has 0 saturated heterocycles. The van der Waals surface area contributed by atoms with Crippen LogP contribution in [0.25, 0.3) is 11.1 Å². The number of methoxy groups -OCH3 is 1. The molecule has 0 aliphatic heterocycles. The van der Waals surface area contributed by atoms with Gasteiger partial charge in [-0.05, 0) is 41.5 Å². The summed E-state index contributed by atoms with van der Waals surface area (Å²) < 4.78 is 5.02. The number of amides is 1. The number of primary amides is 1. The largest absolute Gasteiger partial charge is 0.497 e. The van der Waals surface area contributed by atoms with Gasteiger partial charge >= 0.3 is 5.97 Å². The molecule has 5 nitrogen and oxygen atoms in total. The standard InChI is InChI=1S/C15H13NO4/c1-20-11-5-6-12(13(8-11)15(18)19)9-3-2-4-10(7-9)14(16)17/h2-8H,1H3,(H2,16,17)(H,18,19). The van der Waals surface area contributed by atoms with Gasteiger partial charge in [-0.25, -0.2) is 4.79 Å². The Kier molecular flexibility index (Phi) is 3.70. The average Bonchev–Trinajstić information content (AvgIpc) is 2.46. The van der Waals surface area contributed by atoms with E-state index in [4.69, 9.17) is 10.5 Å². The highest BCUT2D eigenvalue weighted by Crippen LogP contribution is 2.28. The molecule has 0 heterocycles. The molecule has 0 aromatic heterocycles. The van der Waals surface area contributed by atoms with Crippen LogP contribution in [-0.4, -0.2) is 24.1 Å². The van der Waals surface area contributed by atoms with Crippen molar-refractivity contribution in [3.05, 3.63) is 53.6 Å². The van der Waals surface area contributed by atoms with Gasteiger partial charge in [0.25, 0.3) is 0 Å². The number of carboxylic acid groups (broad SMARTS) is 1. The zero-order valence-electron chi connectivity index (χ0n) is 10.8. The predicted molar refractivity (Wildman–Crippen MR) is 73.9 cm³/mol. The minimum atomic E-state index is -1.07. The zero-order valence-corrected chi connectivity index (χ0v) is 10.8. The number of benzene rings is 2. The number of nitrogens with two attached hydrogens (primary N) is 1. The highest BCUT2D eigenvalue weighted by Gasteiger charge is 2.14. The molecule has 0 bridgehead atoms. The predicted octanol–water partition coefficient (Wildman–Crippen LogP) is 2.16. The summed E-state index contributed by atoms with van der Waals surface area (Å²) in [5.74, 6) is -1.17. The van der Waals surface area contributed by atoms with E-state index in [1.807, 2.05) is 0 Å². The molecule has 0 aliphatic carbocycles. The molecule has 0 atom stereocenters. The number of aromatic carboxylic acids is 1. The topological polar surface area (TPSA) is 89.6 Å². The molecular weight excluding hydrogens is 258 g/mol. The summed E-state index contributed by atoms with van der Waals surface area (Å²) in [6.07, 6.45) is 0. The molecule has 20 heavy (non-hydrogen) atoms. The van der Waals surface area contributed by atoms with Crippen LogP contribution in [0.2, 0.25) is 0 Å². The number of rotatable bonds is 4. The van der Waals surface area contributed by atoms with Crippen molar-refractivity contribution in [2.45, 2.75) is 0 Å². The fourth-order valence-corrected chi connectivity index (χ4v) is 1.92. The second-order valence-electron chi connectivity index (χ2n) is 4.16. The summed E-state index contributed by atoms with van der Waals surface area (Å²) in [4.78, 5) is 22.5. The quantitative estimate of drug-likeness (QED) is 0.891. The van der Waals surface area contributed by atoms with Gasteiger partial charge in [0, 0.05) is 5.56 Å². The molecule has 0 fully saturated rings. The van der Waals surface area contributed by atoms with Crippen LogP contribution in [0.4, 0.5) is 0 Å². The lowest BCUT2D eigenvalue weighted by molar-refractivity contribution is 0.0697. The third-order valence-electron chi connectivity index (χ3n) is 2.92. The Bertz CT molecular complexity index is 679. The minimum absolute atomic E-state index is 0.103. The van der Waals surface area contributed by atoms with Gasteiger partial charge in [0.1, 0.15) is 5.75 Å². The smallest absolute Gasteiger partial charge is 0.336 e. The first-order valence-electron chi connectivity index (χ1n) is 5.84. The molecule has 5 heteroatoms. The summed E-state index contributed by atoms with van der Waals surface area (Å²) in [5, 5.41) is 9.28. The second kappa shape index (κ2) is 5.44. The van der Waals surface area contributed by atoms with Crippen LogP contribution in [0.15, 0.2) is 42.5 Å². The molecule has 2 rings (SSSR count). The molecule has 1 amide bonds. The highest BCUT2D eigenvalue weighted by atomic mass is 16.5. The maximum Gasteiger partial charge on any atom is 0.336 e. The van der Waals surface area contributed by atoms with Gasteiger partial charge in [-0.3, -0.25) is 4.79 Å². The van der Waals surface area contributed by atoms with Crippen LogP contribution in [-0.2, 0) is 0 Å². The van der Waals surface area contributed by atoms with E-state index in [9.17, 15) is 14.7 Å². The lowest BCUT2D eigenvalue weighted by Crippen LogP contribution is -2.10.